The van der Waals surface area contributed by atoms with E-state index in [4.69, 9.17) is 0 Å². The van der Waals surface area contributed by atoms with E-state index in [0.29, 0.717) is 10.7 Å². The van der Waals surface area contributed by atoms with Gasteiger partial charge in [-0.05, 0) is 19.8 Å². The van der Waals surface area contributed by atoms with Gasteiger partial charge in [0.25, 0.3) is 0 Å². The molecule has 6 nitrogen and oxygen atoms in total. The maximum atomic E-state index is 12.4. The van der Waals surface area contributed by atoms with Crippen LogP contribution in [0.2, 0.25) is 0 Å². The van der Waals surface area contributed by atoms with E-state index in [-0.39, 0.29) is 42.0 Å². The quantitative estimate of drug-likeness (QED) is 0.768. The first kappa shape index (κ1) is 16.2. The number of Topliss-reactive ketones (excluding diaryl/α,β-unsaturated/α-hetero) is 3. The zero-order chi connectivity index (χ0) is 16.9. The highest BCUT2D eigenvalue weighted by molar-refractivity contribution is 7.84. The molecule has 23 heavy (non-hydrogen) atoms. The molecule has 3 rings (SSSR count). The third-order valence-electron chi connectivity index (χ3n) is 4.70. The second-order valence-electron chi connectivity index (χ2n) is 6.53. The highest BCUT2D eigenvalue weighted by atomic mass is 32.2. The molecule has 0 aliphatic heterocycles. The average Bonchev–Trinajstić information content (AvgIpc) is 3.22. The summed E-state index contributed by atoms with van der Waals surface area (Å²) in [6.07, 6.45) is 3.43. The van der Waals surface area contributed by atoms with Gasteiger partial charge in [-0.1, -0.05) is 0 Å². The van der Waals surface area contributed by atoms with E-state index in [2.05, 4.69) is 5.10 Å². The highest BCUT2D eigenvalue weighted by Gasteiger charge is 2.46. The van der Waals surface area contributed by atoms with E-state index in [9.17, 15) is 18.6 Å². The van der Waals surface area contributed by atoms with Gasteiger partial charge in [-0.2, -0.15) is 5.10 Å². The molecule has 2 saturated carbocycles. The van der Waals surface area contributed by atoms with Crippen LogP contribution in [0.1, 0.15) is 42.9 Å². The number of hydrogen-bond acceptors (Lipinski definition) is 5. The molecule has 1 atom stereocenters. The van der Waals surface area contributed by atoms with Crippen LogP contribution in [0, 0.1) is 18.8 Å². The lowest BCUT2D eigenvalue weighted by molar-refractivity contribution is -0.143. The van der Waals surface area contributed by atoms with Crippen molar-refractivity contribution < 1.29 is 18.6 Å². The number of ketones is 3. The summed E-state index contributed by atoms with van der Waals surface area (Å²) in [6, 6.07) is 0. The number of rotatable bonds is 4. The van der Waals surface area contributed by atoms with Gasteiger partial charge in [0, 0.05) is 43.5 Å². The van der Waals surface area contributed by atoms with Crippen molar-refractivity contribution in [2.45, 2.75) is 43.6 Å². The fourth-order valence-corrected chi connectivity index (χ4v) is 4.60. The Balaban J connectivity index is 1.90. The van der Waals surface area contributed by atoms with Crippen molar-refractivity contribution in [1.82, 2.24) is 9.78 Å². The molecule has 7 heteroatoms. The van der Waals surface area contributed by atoms with Crippen LogP contribution in [0.15, 0.2) is 5.03 Å². The fourth-order valence-electron chi connectivity index (χ4n) is 3.56. The summed E-state index contributed by atoms with van der Waals surface area (Å²) in [4.78, 5) is 37.0. The lowest BCUT2D eigenvalue weighted by Crippen LogP contribution is -2.39. The molecule has 0 radical (unpaired) electrons. The second-order valence-corrected chi connectivity index (χ2v) is 7.82. The summed E-state index contributed by atoms with van der Waals surface area (Å²) in [5.74, 6) is -2.26. The topological polar surface area (TPSA) is 86.1 Å². The summed E-state index contributed by atoms with van der Waals surface area (Å²) < 4.78 is 13.6. The number of nitrogens with zero attached hydrogens (tertiary/aromatic N) is 2. The Kier molecular flexibility index (Phi) is 4.08. The van der Waals surface area contributed by atoms with Gasteiger partial charge in [0.05, 0.1) is 16.5 Å². The maximum Gasteiger partial charge on any atom is 0.153 e. The van der Waals surface area contributed by atoms with Gasteiger partial charge >= 0.3 is 0 Å². The average molecular weight is 336 g/mol. The minimum Gasteiger partial charge on any atom is -0.298 e. The zero-order valence-electron chi connectivity index (χ0n) is 13.5. The van der Waals surface area contributed by atoms with Crippen molar-refractivity contribution in [3.63, 3.8) is 0 Å². The second kappa shape index (κ2) is 5.78. The molecule has 2 aliphatic carbocycles. The van der Waals surface area contributed by atoms with Gasteiger partial charge in [-0.25, -0.2) is 0 Å². The van der Waals surface area contributed by atoms with Crippen LogP contribution >= 0.6 is 0 Å². The Hall–Kier alpha value is -1.63. The molecule has 0 aromatic carbocycles. The summed E-state index contributed by atoms with van der Waals surface area (Å²) in [7, 11) is 0.448. The van der Waals surface area contributed by atoms with Crippen LogP contribution in [0.3, 0.4) is 0 Å². The van der Waals surface area contributed by atoms with Crippen molar-refractivity contribution in [3.8, 4) is 0 Å². The zero-order valence-corrected chi connectivity index (χ0v) is 14.3. The molecule has 1 heterocycles. The van der Waals surface area contributed by atoms with Crippen molar-refractivity contribution in [2.75, 3.05) is 6.26 Å². The van der Waals surface area contributed by atoms with Crippen molar-refractivity contribution >= 4 is 28.1 Å². The molecule has 2 fully saturated rings. The summed E-state index contributed by atoms with van der Waals surface area (Å²) in [6.45, 7) is 1.79. The van der Waals surface area contributed by atoms with Gasteiger partial charge in [0.15, 0.2) is 17.3 Å². The normalized spacial score (nSPS) is 26.4. The van der Waals surface area contributed by atoms with E-state index in [1.165, 1.54) is 0 Å². The van der Waals surface area contributed by atoms with Crippen LogP contribution in [-0.2, 0) is 32.2 Å². The molecule has 124 valence electrons. The lowest BCUT2D eigenvalue weighted by Gasteiger charge is -2.26. The number of carbonyl (C=O) groups excluding carboxylic acids is 3. The minimum atomic E-state index is -1.26. The smallest absolute Gasteiger partial charge is 0.153 e. The molecule has 0 spiro atoms. The predicted octanol–water partition coefficient (Wildman–Crippen LogP) is 1.08. The number of aromatic nitrogens is 2. The Labute approximate surface area is 137 Å². The fraction of sp³-hybridized carbons (Fsp3) is 0.625. The SMILES string of the molecule is Cc1nn(C)c(S(C)=O)c1C1CC(=O)C(C(=O)C2CC2)C(=O)C1. The summed E-state index contributed by atoms with van der Waals surface area (Å²) >= 11 is 0. The molecule has 0 N–H and O–H groups in total. The first-order valence-corrected chi connectivity index (χ1v) is 9.33. The first-order chi connectivity index (χ1) is 10.8. The number of hydrogen-bond donors (Lipinski definition) is 0. The van der Waals surface area contributed by atoms with E-state index < -0.39 is 16.7 Å². The van der Waals surface area contributed by atoms with Crippen LogP contribution in [0.5, 0.6) is 0 Å². The minimum absolute atomic E-state index is 0.0942. The monoisotopic (exact) mass is 336 g/mol. The van der Waals surface area contributed by atoms with Crippen LogP contribution in [-0.4, -0.2) is 37.6 Å². The Morgan fingerprint density at radius 2 is 1.78 bits per heavy atom. The Morgan fingerprint density at radius 1 is 1.22 bits per heavy atom. The highest BCUT2D eigenvalue weighted by Crippen LogP contribution is 2.40. The Bertz CT molecular complexity index is 715. The summed E-state index contributed by atoms with van der Waals surface area (Å²) in [5.41, 5.74) is 1.42. The van der Waals surface area contributed by atoms with Crippen molar-refractivity contribution in [3.05, 3.63) is 11.3 Å². The molecule has 0 bridgehead atoms. The largest absolute Gasteiger partial charge is 0.298 e. The maximum absolute atomic E-state index is 12.4. The van der Waals surface area contributed by atoms with Gasteiger partial charge in [-0.15, -0.1) is 0 Å². The van der Waals surface area contributed by atoms with E-state index in [1.807, 2.05) is 0 Å². The van der Waals surface area contributed by atoms with Gasteiger partial charge < -0.3 is 0 Å². The number of aryl methyl sites for hydroxylation is 2. The molecule has 0 amide bonds. The third-order valence-corrected chi connectivity index (χ3v) is 5.73. The van der Waals surface area contributed by atoms with Gasteiger partial charge in [-0.3, -0.25) is 23.3 Å². The van der Waals surface area contributed by atoms with Gasteiger partial charge in [0.2, 0.25) is 0 Å². The molecular weight excluding hydrogens is 316 g/mol. The molecule has 0 saturated heterocycles. The van der Waals surface area contributed by atoms with Crippen LogP contribution < -0.4 is 0 Å². The lowest BCUT2D eigenvalue weighted by atomic mass is 9.74. The van der Waals surface area contributed by atoms with E-state index in [1.54, 1.807) is 24.9 Å². The number of carbonyl (C=O) groups is 3. The Morgan fingerprint density at radius 3 is 2.26 bits per heavy atom. The molecule has 1 unspecified atom stereocenters. The van der Waals surface area contributed by atoms with E-state index >= 15 is 0 Å². The summed E-state index contributed by atoms with van der Waals surface area (Å²) in [5, 5.41) is 4.84. The van der Waals surface area contributed by atoms with Crippen LogP contribution in [0.4, 0.5) is 0 Å². The predicted molar refractivity (Wildman–Crippen MR) is 83.5 cm³/mol. The van der Waals surface area contributed by atoms with Crippen molar-refractivity contribution in [2.24, 2.45) is 18.9 Å². The third kappa shape index (κ3) is 2.82. The van der Waals surface area contributed by atoms with E-state index in [0.717, 1.165) is 18.4 Å². The van der Waals surface area contributed by atoms with Crippen molar-refractivity contribution in [1.29, 1.82) is 0 Å². The van der Waals surface area contributed by atoms with Gasteiger partial charge in [0.1, 0.15) is 10.9 Å². The molecular formula is C16H20N2O4S. The molecule has 1 aromatic rings. The molecule has 1 aromatic heterocycles. The van der Waals surface area contributed by atoms with Crippen LogP contribution in [0.25, 0.3) is 0 Å². The standard InChI is InChI=1S/C16H20N2O4S/c1-8-13(16(23(3)22)18(2)17-8)10-6-11(19)14(12(20)7-10)15(21)9-4-5-9/h9-10,14H,4-7H2,1-3H3. The first-order valence-electron chi connectivity index (χ1n) is 7.77. The molecule has 2 aliphatic rings.